The molecule has 0 bridgehead atoms. The minimum atomic E-state index is 0.931. The first-order valence-corrected chi connectivity index (χ1v) is 6.89. The summed E-state index contributed by atoms with van der Waals surface area (Å²) in [5, 5.41) is 3.48. The Morgan fingerprint density at radius 2 is 2.12 bits per heavy atom. The molecule has 1 unspecified atom stereocenters. The van der Waals surface area contributed by atoms with Crippen molar-refractivity contribution in [3.63, 3.8) is 0 Å². The van der Waals surface area contributed by atoms with Crippen molar-refractivity contribution in [2.24, 2.45) is 5.92 Å². The van der Waals surface area contributed by atoms with Crippen molar-refractivity contribution in [2.75, 3.05) is 31.5 Å². The van der Waals surface area contributed by atoms with Crippen LogP contribution in [0.2, 0.25) is 0 Å². The summed E-state index contributed by atoms with van der Waals surface area (Å²) in [6.07, 6.45) is 4.14. The second-order valence-corrected chi connectivity index (χ2v) is 5.01. The molecule has 1 aromatic carbocycles. The number of nitrogens with one attached hydrogen (secondary N) is 1. The molecule has 0 aliphatic carbocycles. The zero-order valence-electron chi connectivity index (χ0n) is 10.9. The highest BCUT2D eigenvalue weighted by molar-refractivity contribution is 5.42. The summed E-state index contributed by atoms with van der Waals surface area (Å²) in [5.74, 6) is 0.931. The zero-order valence-corrected chi connectivity index (χ0v) is 10.9. The molecule has 0 spiro atoms. The fraction of sp³-hybridized carbons (Fsp3) is 0.600. The minimum absolute atomic E-state index is 0.931. The third kappa shape index (κ3) is 4.04. The number of piperidine rings is 1. The van der Waals surface area contributed by atoms with Crippen LogP contribution in [0.15, 0.2) is 30.3 Å². The largest absolute Gasteiger partial charge is 0.384 e. The van der Waals surface area contributed by atoms with E-state index in [0.717, 1.165) is 12.5 Å². The Labute approximate surface area is 105 Å². The molecule has 0 radical (unpaired) electrons. The van der Waals surface area contributed by atoms with Crippen LogP contribution in [0.4, 0.5) is 5.69 Å². The first-order chi connectivity index (χ1) is 8.38. The Morgan fingerprint density at radius 3 is 2.88 bits per heavy atom. The van der Waals surface area contributed by atoms with E-state index in [9.17, 15) is 0 Å². The number of hydrogen-bond acceptors (Lipinski definition) is 2. The lowest BCUT2D eigenvalue weighted by molar-refractivity contribution is 0.177. The van der Waals surface area contributed by atoms with Gasteiger partial charge in [0.2, 0.25) is 0 Å². The third-order valence-corrected chi connectivity index (χ3v) is 3.71. The molecule has 1 atom stereocenters. The van der Waals surface area contributed by atoms with Crippen LogP contribution in [0, 0.1) is 5.92 Å². The fourth-order valence-electron chi connectivity index (χ4n) is 2.60. The fourth-order valence-corrected chi connectivity index (χ4v) is 2.60. The van der Waals surface area contributed by atoms with Crippen LogP contribution in [0.5, 0.6) is 0 Å². The normalized spacial score (nSPS) is 21.4. The number of benzene rings is 1. The molecular weight excluding hydrogens is 208 g/mol. The maximum absolute atomic E-state index is 3.48. The van der Waals surface area contributed by atoms with Crippen molar-refractivity contribution < 1.29 is 0 Å². The Bertz CT molecular complexity index is 310. The molecule has 1 heterocycles. The molecule has 1 saturated heterocycles. The molecule has 17 heavy (non-hydrogen) atoms. The second kappa shape index (κ2) is 6.65. The summed E-state index contributed by atoms with van der Waals surface area (Å²) in [7, 11) is 0. The lowest BCUT2D eigenvalue weighted by atomic mass is 9.96. The Morgan fingerprint density at radius 1 is 1.29 bits per heavy atom. The standard InChI is InChI=1S/C15H24N2/c1-2-14-7-6-11-17(13-14)12-10-16-15-8-4-3-5-9-15/h3-5,8-9,14,16H,2,6-7,10-13H2,1H3. The van der Waals surface area contributed by atoms with Crippen LogP contribution in [0.3, 0.4) is 0 Å². The van der Waals surface area contributed by atoms with E-state index in [1.165, 1.54) is 44.6 Å². The van der Waals surface area contributed by atoms with Crippen molar-refractivity contribution in [2.45, 2.75) is 26.2 Å². The number of rotatable bonds is 5. The average Bonchev–Trinajstić information content (AvgIpc) is 2.40. The summed E-state index contributed by atoms with van der Waals surface area (Å²) in [6, 6.07) is 10.5. The van der Waals surface area contributed by atoms with Gasteiger partial charge in [0.05, 0.1) is 0 Å². The summed E-state index contributed by atoms with van der Waals surface area (Å²) < 4.78 is 0. The maximum Gasteiger partial charge on any atom is 0.0340 e. The van der Waals surface area contributed by atoms with E-state index in [-0.39, 0.29) is 0 Å². The predicted octanol–water partition coefficient (Wildman–Crippen LogP) is 3.22. The summed E-state index contributed by atoms with van der Waals surface area (Å²) in [6.45, 7) is 7.13. The molecule has 1 aliphatic heterocycles. The molecule has 0 saturated carbocycles. The molecule has 0 amide bonds. The first kappa shape index (κ1) is 12.4. The number of anilines is 1. The lowest BCUT2D eigenvalue weighted by Gasteiger charge is -2.32. The topological polar surface area (TPSA) is 15.3 Å². The molecule has 0 aromatic heterocycles. The van der Waals surface area contributed by atoms with Crippen LogP contribution >= 0.6 is 0 Å². The summed E-state index contributed by atoms with van der Waals surface area (Å²) in [4.78, 5) is 2.60. The van der Waals surface area contributed by atoms with Gasteiger partial charge in [-0.3, -0.25) is 0 Å². The minimum Gasteiger partial charge on any atom is -0.384 e. The maximum atomic E-state index is 3.48. The van der Waals surface area contributed by atoms with Crippen molar-refractivity contribution >= 4 is 5.69 Å². The molecule has 2 rings (SSSR count). The second-order valence-electron chi connectivity index (χ2n) is 5.01. The van der Waals surface area contributed by atoms with Crippen molar-refractivity contribution in [1.82, 2.24) is 4.90 Å². The highest BCUT2D eigenvalue weighted by atomic mass is 15.1. The number of para-hydroxylation sites is 1. The van der Waals surface area contributed by atoms with Gasteiger partial charge < -0.3 is 10.2 Å². The van der Waals surface area contributed by atoms with Crippen molar-refractivity contribution in [1.29, 1.82) is 0 Å². The van der Waals surface area contributed by atoms with Gasteiger partial charge in [0, 0.05) is 25.3 Å². The predicted molar refractivity (Wildman–Crippen MR) is 74.4 cm³/mol. The van der Waals surface area contributed by atoms with E-state index in [1.54, 1.807) is 0 Å². The van der Waals surface area contributed by atoms with E-state index in [0.29, 0.717) is 0 Å². The van der Waals surface area contributed by atoms with Gasteiger partial charge in [-0.05, 0) is 37.4 Å². The van der Waals surface area contributed by atoms with Gasteiger partial charge in [-0.15, -0.1) is 0 Å². The van der Waals surface area contributed by atoms with Crippen LogP contribution < -0.4 is 5.32 Å². The highest BCUT2D eigenvalue weighted by Crippen LogP contribution is 2.18. The van der Waals surface area contributed by atoms with Gasteiger partial charge in [-0.2, -0.15) is 0 Å². The Hall–Kier alpha value is -1.02. The van der Waals surface area contributed by atoms with Crippen LogP contribution in [-0.2, 0) is 0 Å². The van der Waals surface area contributed by atoms with E-state index in [4.69, 9.17) is 0 Å². The van der Waals surface area contributed by atoms with Gasteiger partial charge in [0.25, 0.3) is 0 Å². The lowest BCUT2D eigenvalue weighted by Crippen LogP contribution is -2.38. The van der Waals surface area contributed by atoms with Gasteiger partial charge >= 0.3 is 0 Å². The van der Waals surface area contributed by atoms with Gasteiger partial charge in [0.15, 0.2) is 0 Å². The Balaban J connectivity index is 1.68. The SMILES string of the molecule is CCC1CCCN(CCNc2ccccc2)C1. The molecule has 94 valence electrons. The van der Waals surface area contributed by atoms with Crippen molar-refractivity contribution in [3.8, 4) is 0 Å². The Kier molecular flexibility index (Phi) is 4.87. The quantitative estimate of drug-likeness (QED) is 0.838. The van der Waals surface area contributed by atoms with E-state index in [1.807, 2.05) is 0 Å². The van der Waals surface area contributed by atoms with E-state index in [2.05, 4.69) is 47.5 Å². The van der Waals surface area contributed by atoms with E-state index >= 15 is 0 Å². The highest BCUT2D eigenvalue weighted by Gasteiger charge is 2.17. The van der Waals surface area contributed by atoms with Gasteiger partial charge in [-0.1, -0.05) is 31.5 Å². The van der Waals surface area contributed by atoms with Crippen LogP contribution in [-0.4, -0.2) is 31.1 Å². The zero-order chi connectivity index (χ0) is 11.9. The smallest absolute Gasteiger partial charge is 0.0340 e. The van der Waals surface area contributed by atoms with Gasteiger partial charge in [0.1, 0.15) is 0 Å². The van der Waals surface area contributed by atoms with Crippen LogP contribution in [0.25, 0.3) is 0 Å². The van der Waals surface area contributed by atoms with Crippen LogP contribution in [0.1, 0.15) is 26.2 Å². The summed E-state index contributed by atoms with van der Waals surface area (Å²) >= 11 is 0. The summed E-state index contributed by atoms with van der Waals surface area (Å²) in [5.41, 5.74) is 1.23. The number of likely N-dealkylation sites (tertiary alicyclic amines) is 1. The van der Waals surface area contributed by atoms with Crippen molar-refractivity contribution in [3.05, 3.63) is 30.3 Å². The van der Waals surface area contributed by atoms with Gasteiger partial charge in [-0.25, -0.2) is 0 Å². The molecule has 2 nitrogen and oxygen atoms in total. The molecule has 1 aromatic rings. The average molecular weight is 232 g/mol. The molecule has 1 aliphatic rings. The number of hydrogen-bond donors (Lipinski definition) is 1. The third-order valence-electron chi connectivity index (χ3n) is 3.71. The molecular formula is C15H24N2. The molecule has 1 fully saturated rings. The number of nitrogens with zero attached hydrogens (tertiary/aromatic N) is 1. The monoisotopic (exact) mass is 232 g/mol. The van der Waals surface area contributed by atoms with E-state index < -0.39 is 0 Å². The molecule has 2 heteroatoms. The first-order valence-electron chi connectivity index (χ1n) is 6.89. The molecule has 1 N–H and O–H groups in total.